The standard InChI is InChI=1S/C17H18N4O2/c1-3-7-14(15(22)10-18)19-17(23)13-11-21(2)20-16(13)12-8-5-4-6-9-12/h3-6,8-9,11,14-15,22H,1,7H2,2H3,(H,19,23)/t14-,15?/m0/s1. The van der Waals surface area contributed by atoms with Crippen molar-refractivity contribution in [3.8, 4) is 17.3 Å². The molecule has 2 rings (SSSR count). The van der Waals surface area contributed by atoms with Gasteiger partial charge in [-0.25, -0.2) is 0 Å². The molecule has 1 aromatic heterocycles. The first-order valence-corrected chi connectivity index (χ1v) is 7.15. The Bertz CT molecular complexity index is 731. The molecule has 0 fully saturated rings. The summed E-state index contributed by atoms with van der Waals surface area (Å²) in [6.45, 7) is 3.58. The normalized spacial score (nSPS) is 12.9. The van der Waals surface area contributed by atoms with Crippen LogP contribution in [0.1, 0.15) is 16.8 Å². The molecule has 118 valence electrons. The molecule has 1 heterocycles. The second-order valence-electron chi connectivity index (χ2n) is 5.11. The molecule has 6 heteroatoms. The molecule has 0 saturated heterocycles. The zero-order chi connectivity index (χ0) is 16.8. The van der Waals surface area contributed by atoms with E-state index in [0.29, 0.717) is 17.7 Å². The van der Waals surface area contributed by atoms with Crippen LogP contribution in [-0.2, 0) is 7.05 Å². The number of rotatable bonds is 6. The Labute approximate surface area is 134 Å². The van der Waals surface area contributed by atoms with Gasteiger partial charge in [-0.05, 0) is 6.42 Å². The summed E-state index contributed by atoms with van der Waals surface area (Å²) in [5.41, 5.74) is 1.76. The second-order valence-corrected chi connectivity index (χ2v) is 5.11. The van der Waals surface area contributed by atoms with Crippen molar-refractivity contribution in [1.82, 2.24) is 15.1 Å². The fraction of sp³-hybridized carbons (Fsp3) is 0.235. The van der Waals surface area contributed by atoms with Gasteiger partial charge in [-0.1, -0.05) is 36.4 Å². The van der Waals surface area contributed by atoms with Gasteiger partial charge in [0.1, 0.15) is 5.69 Å². The quantitative estimate of drug-likeness (QED) is 0.627. The van der Waals surface area contributed by atoms with Crippen molar-refractivity contribution in [2.45, 2.75) is 18.6 Å². The van der Waals surface area contributed by atoms with Crippen molar-refractivity contribution < 1.29 is 9.90 Å². The molecular weight excluding hydrogens is 292 g/mol. The van der Waals surface area contributed by atoms with Gasteiger partial charge >= 0.3 is 0 Å². The number of aliphatic hydroxyl groups excluding tert-OH is 1. The number of hydrogen-bond acceptors (Lipinski definition) is 4. The zero-order valence-electron chi connectivity index (χ0n) is 12.8. The van der Waals surface area contributed by atoms with Gasteiger partial charge in [0.15, 0.2) is 6.10 Å². The third-order valence-electron chi connectivity index (χ3n) is 3.37. The Morgan fingerprint density at radius 3 is 2.83 bits per heavy atom. The molecule has 0 spiro atoms. The third-order valence-corrected chi connectivity index (χ3v) is 3.37. The van der Waals surface area contributed by atoms with E-state index in [9.17, 15) is 9.90 Å². The lowest BCUT2D eigenvalue weighted by atomic mass is 10.1. The van der Waals surface area contributed by atoms with Gasteiger partial charge < -0.3 is 10.4 Å². The van der Waals surface area contributed by atoms with E-state index in [1.807, 2.05) is 30.3 Å². The van der Waals surface area contributed by atoms with Gasteiger partial charge in [0.25, 0.3) is 5.91 Å². The van der Waals surface area contributed by atoms with Crippen molar-refractivity contribution >= 4 is 5.91 Å². The molecule has 6 nitrogen and oxygen atoms in total. The Balaban J connectivity index is 2.30. The van der Waals surface area contributed by atoms with Crippen LogP contribution in [0.5, 0.6) is 0 Å². The van der Waals surface area contributed by atoms with Gasteiger partial charge in [-0.2, -0.15) is 10.4 Å². The van der Waals surface area contributed by atoms with Gasteiger partial charge in [0.2, 0.25) is 0 Å². The molecule has 0 radical (unpaired) electrons. The lowest BCUT2D eigenvalue weighted by Crippen LogP contribution is -2.42. The molecule has 0 bridgehead atoms. The maximum absolute atomic E-state index is 12.5. The van der Waals surface area contributed by atoms with Crippen LogP contribution in [0.15, 0.2) is 49.2 Å². The van der Waals surface area contributed by atoms with Gasteiger partial charge in [0.05, 0.1) is 17.7 Å². The van der Waals surface area contributed by atoms with E-state index in [-0.39, 0.29) is 0 Å². The SMILES string of the molecule is C=CC[C@H](NC(=O)c1cn(C)nc1-c1ccccc1)C(O)C#N. The number of aromatic nitrogens is 2. The van der Waals surface area contributed by atoms with E-state index in [1.165, 1.54) is 0 Å². The molecule has 0 aliphatic carbocycles. The molecule has 1 amide bonds. The van der Waals surface area contributed by atoms with Gasteiger partial charge in [-0.3, -0.25) is 9.48 Å². The van der Waals surface area contributed by atoms with Crippen LogP contribution in [0.4, 0.5) is 0 Å². The number of nitriles is 1. The Hall–Kier alpha value is -2.91. The summed E-state index contributed by atoms with van der Waals surface area (Å²) in [7, 11) is 1.73. The number of nitrogens with zero attached hydrogens (tertiary/aromatic N) is 3. The number of aliphatic hydroxyl groups is 1. The largest absolute Gasteiger partial charge is 0.376 e. The number of carbonyl (C=O) groups excluding carboxylic acids is 1. The molecule has 23 heavy (non-hydrogen) atoms. The third kappa shape index (κ3) is 3.84. The molecule has 1 aromatic carbocycles. The summed E-state index contributed by atoms with van der Waals surface area (Å²) < 4.78 is 1.56. The predicted molar refractivity (Wildman–Crippen MR) is 86.3 cm³/mol. The van der Waals surface area contributed by atoms with Crippen molar-refractivity contribution in [2.75, 3.05) is 0 Å². The fourth-order valence-electron chi connectivity index (χ4n) is 2.25. The summed E-state index contributed by atoms with van der Waals surface area (Å²) in [5, 5.41) is 25.5. The highest BCUT2D eigenvalue weighted by Gasteiger charge is 2.23. The maximum Gasteiger partial charge on any atom is 0.255 e. The first kappa shape index (κ1) is 16.5. The van der Waals surface area contributed by atoms with E-state index in [4.69, 9.17) is 5.26 Å². The van der Waals surface area contributed by atoms with Crippen LogP contribution in [0.25, 0.3) is 11.3 Å². The highest BCUT2D eigenvalue weighted by atomic mass is 16.3. The summed E-state index contributed by atoms with van der Waals surface area (Å²) in [5.74, 6) is -0.391. The van der Waals surface area contributed by atoms with Gasteiger partial charge in [-0.15, -0.1) is 6.58 Å². The van der Waals surface area contributed by atoms with E-state index >= 15 is 0 Å². The number of hydrogen-bond donors (Lipinski definition) is 2. The summed E-state index contributed by atoms with van der Waals surface area (Å²) in [6, 6.07) is 10.4. The van der Waals surface area contributed by atoms with Gasteiger partial charge in [0, 0.05) is 18.8 Å². The van der Waals surface area contributed by atoms with Crippen molar-refractivity contribution in [3.63, 3.8) is 0 Å². The predicted octanol–water partition coefficient (Wildman–Crippen LogP) is 1.65. The number of amides is 1. The minimum atomic E-state index is -1.30. The van der Waals surface area contributed by atoms with Crippen LogP contribution in [0.3, 0.4) is 0 Å². The minimum Gasteiger partial charge on any atom is -0.376 e. The Kier molecular flexibility index (Phi) is 5.28. The number of aryl methyl sites for hydroxylation is 1. The van der Waals surface area contributed by atoms with Crippen molar-refractivity contribution in [1.29, 1.82) is 5.26 Å². The average molecular weight is 310 g/mol. The first-order chi connectivity index (χ1) is 11.1. The Morgan fingerprint density at radius 2 is 2.22 bits per heavy atom. The number of benzene rings is 1. The lowest BCUT2D eigenvalue weighted by Gasteiger charge is -2.18. The number of nitrogens with one attached hydrogen (secondary N) is 1. The van der Waals surface area contributed by atoms with Crippen LogP contribution in [0, 0.1) is 11.3 Å². The van der Waals surface area contributed by atoms with E-state index in [1.54, 1.807) is 30.1 Å². The highest BCUT2D eigenvalue weighted by Crippen LogP contribution is 2.21. The fourth-order valence-corrected chi connectivity index (χ4v) is 2.25. The molecular formula is C17H18N4O2. The van der Waals surface area contributed by atoms with Crippen LogP contribution < -0.4 is 5.32 Å². The van der Waals surface area contributed by atoms with Crippen LogP contribution in [-0.4, -0.2) is 32.9 Å². The number of carbonyl (C=O) groups is 1. The summed E-state index contributed by atoms with van der Waals surface area (Å²) in [6.07, 6.45) is 2.16. The summed E-state index contributed by atoms with van der Waals surface area (Å²) >= 11 is 0. The maximum atomic E-state index is 12.5. The Morgan fingerprint density at radius 1 is 1.52 bits per heavy atom. The molecule has 0 aliphatic heterocycles. The summed E-state index contributed by atoms with van der Waals surface area (Å²) in [4.78, 5) is 12.5. The smallest absolute Gasteiger partial charge is 0.255 e. The minimum absolute atomic E-state index is 0.293. The highest BCUT2D eigenvalue weighted by molar-refractivity contribution is 6.00. The molecule has 0 aliphatic rings. The second kappa shape index (κ2) is 7.38. The van der Waals surface area contributed by atoms with E-state index < -0.39 is 18.1 Å². The van der Waals surface area contributed by atoms with Crippen molar-refractivity contribution in [2.24, 2.45) is 7.05 Å². The average Bonchev–Trinajstić information content (AvgIpc) is 2.96. The monoisotopic (exact) mass is 310 g/mol. The van der Waals surface area contributed by atoms with Crippen LogP contribution in [0.2, 0.25) is 0 Å². The molecule has 2 atom stereocenters. The van der Waals surface area contributed by atoms with E-state index in [2.05, 4.69) is 17.0 Å². The topological polar surface area (TPSA) is 90.9 Å². The molecule has 1 unspecified atom stereocenters. The van der Waals surface area contributed by atoms with Crippen LogP contribution >= 0.6 is 0 Å². The molecule has 2 aromatic rings. The zero-order valence-corrected chi connectivity index (χ0v) is 12.8. The van der Waals surface area contributed by atoms with E-state index in [0.717, 1.165) is 5.56 Å². The lowest BCUT2D eigenvalue weighted by molar-refractivity contribution is 0.0891. The first-order valence-electron chi connectivity index (χ1n) is 7.15. The molecule has 2 N–H and O–H groups in total. The molecule has 0 saturated carbocycles. The van der Waals surface area contributed by atoms with Crippen molar-refractivity contribution in [3.05, 3.63) is 54.7 Å².